The van der Waals surface area contributed by atoms with Crippen LogP contribution in [0.2, 0.25) is 0 Å². The first-order valence-corrected chi connectivity index (χ1v) is 11.4. The van der Waals surface area contributed by atoms with Gasteiger partial charge in [-0.15, -0.1) is 0 Å². The first-order valence-electron chi connectivity index (χ1n) is 11.4. The van der Waals surface area contributed by atoms with E-state index in [1.165, 1.54) is 39.8 Å². The maximum Gasteiger partial charge on any atom is 0.0316 e. The number of fused-ring (bicyclic) bond motifs is 2. The lowest BCUT2D eigenvalue weighted by molar-refractivity contribution is 0.254. The molecule has 1 aliphatic carbocycles. The van der Waals surface area contributed by atoms with E-state index in [1.54, 1.807) is 5.57 Å². The summed E-state index contributed by atoms with van der Waals surface area (Å²) in [6.45, 7) is 3.45. The molecule has 2 nitrogen and oxygen atoms in total. The number of benzene rings is 3. The van der Waals surface area contributed by atoms with Crippen LogP contribution in [0.25, 0.3) is 17.7 Å². The van der Waals surface area contributed by atoms with Crippen LogP contribution < -0.4 is 5.73 Å². The van der Waals surface area contributed by atoms with Gasteiger partial charge in [-0.05, 0) is 77.8 Å². The van der Waals surface area contributed by atoms with Crippen molar-refractivity contribution in [2.24, 2.45) is 0 Å². The molecule has 156 valence electrons. The molecule has 1 saturated heterocycles. The maximum atomic E-state index is 5.92. The van der Waals surface area contributed by atoms with Gasteiger partial charge in [0.25, 0.3) is 0 Å². The van der Waals surface area contributed by atoms with E-state index in [9.17, 15) is 0 Å². The summed E-state index contributed by atoms with van der Waals surface area (Å²) in [5, 5.41) is 0. The number of rotatable bonds is 4. The summed E-state index contributed by atoms with van der Waals surface area (Å²) in [5.74, 6) is 0. The number of hydrogen-bond acceptors (Lipinski definition) is 2. The van der Waals surface area contributed by atoms with Crippen LogP contribution in [-0.4, -0.2) is 24.5 Å². The molecule has 1 aliphatic heterocycles. The standard InChI is InChI=1S/C29H30N2/c30-26-11-5-7-22(21-26)8-6-18-31-19-16-25(17-20-31)29-27-12-3-1-9-23(27)14-15-24-10-2-4-13-28(24)29/h1-5,7,9-15,21H,6,8,16-20,30H2. The van der Waals surface area contributed by atoms with Crippen LogP contribution in [0.5, 0.6) is 0 Å². The van der Waals surface area contributed by atoms with Gasteiger partial charge in [-0.2, -0.15) is 0 Å². The zero-order valence-electron chi connectivity index (χ0n) is 18.1. The number of hydrogen-bond donors (Lipinski definition) is 1. The molecular weight excluding hydrogens is 376 g/mol. The fourth-order valence-corrected chi connectivity index (χ4v) is 5.00. The molecule has 0 spiro atoms. The normalized spacial score (nSPS) is 16.0. The van der Waals surface area contributed by atoms with Gasteiger partial charge in [0, 0.05) is 18.8 Å². The first kappa shape index (κ1) is 19.8. The maximum absolute atomic E-state index is 5.92. The van der Waals surface area contributed by atoms with E-state index in [2.05, 4.69) is 83.8 Å². The minimum atomic E-state index is 0.866. The van der Waals surface area contributed by atoms with Crippen LogP contribution in [0.15, 0.2) is 78.4 Å². The van der Waals surface area contributed by atoms with Crippen LogP contribution in [0.3, 0.4) is 0 Å². The fraction of sp³-hybridized carbons (Fsp3) is 0.241. The highest BCUT2D eigenvalue weighted by atomic mass is 15.1. The molecule has 0 saturated carbocycles. The molecule has 3 aromatic rings. The van der Waals surface area contributed by atoms with Crippen LogP contribution in [-0.2, 0) is 6.42 Å². The fourth-order valence-electron chi connectivity index (χ4n) is 5.00. The molecule has 2 aliphatic rings. The molecule has 0 amide bonds. The Bertz CT molecular complexity index is 1080. The summed E-state index contributed by atoms with van der Waals surface area (Å²) >= 11 is 0. The summed E-state index contributed by atoms with van der Waals surface area (Å²) < 4.78 is 0. The summed E-state index contributed by atoms with van der Waals surface area (Å²) in [5.41, 5.74) is 16.6. The third-order valence-electron chi connectivity index (χ3n) is 6.61. The lowest BCUT2D eigenvalue weighted by Gasteiger charge is -2.30. The second-order valence-electron chi connectivity index (χ2n) is 8.68. The van der Waals surface area contributed by atoms with Crippen molar-refractivity contribution >= 4 is 23.4 Å². The molecule has 5 rings (SSSR count). The Morgan fingerprint density at radius 3 is 2.03 bits per heavy atom. The van der Waals surface area contributed by atoms with E-state index >= 15 is 0 Å². The summed E-state index contributed by atoms with van der Waals surface area (Å²) in [7, 11) is 0. The topological polar surface area (TPSA) is 29.3 Å². The average molecular weight is 407 g/mol. The number of anilines is 1. The minimum Gasteiger partial charge on any atom is -0.399 e. The van der Waals surface area contributed by atoms with Gasteiger partial charge < -0.3 is 10.6 Å². The van der Waals surface area contributed by atoms with Gasteiger partial charge in [0.05, 0.1) is 0 Å². The van der Waals surface area contributed by atoms with Gasteiger partial charge in [0.1, 0.15) is 0 Å². The molecule has 1 heterocycles. The molecule has 3 aromatic carbocycles. The van der Waals surface area contributed by atoms with E-state index in [-0.39, 0.29) is 0 Å². The number of piperidine rings is 1. The molecule has 0 radical (unpaired) electrons. The highest BCUT2D eigenvalue weighted by Crippen LogP contribution is 2.38. The number of nitrogens with zero attached hydrogens (tertiary/aromatic N) is 1. The average Bonchev–Trinajstić information content (AvgIpc) is 2.97. The Morgan fingerprint density at radius 2 is 1.39 bits per heavy atom. The quantitative estimate of drug-likeness (QED) is 0.404. The van der Waals surface area contributed by atoms with Gasteiger partial charge in [-0.1, -0.05) is 78.4 Å². The Kier molecular flexibility index (Phi) is 5.73. The van der Waals surface area contributed by atoms with Crippen molar-refractivity contribution < 1.29 is 0 Å². The van der Waals surface area contributed by atoms with Crippen LogP contribution in [0.4, 0.5) is 5.69 Å². The van der Waals surface area contributed by atoms with Crippen molar-refractivity contribution in [3.63, 3.8) is 0 Å². The van der Waals surface area contributed by atoms with E-state index in [0.29, 0.717) is 0 Å². The number of likely N-dealkylation sites (tertiary alicyclic amines) is 1. The van der Waals surface area contributed by atoms with Crippen molar-refractivity contribution in [1.82, 2.24) is 4.90 Å². The Balaban J connectivity index is 1.32. The number of nitrogens with two attached hydrogens (primary N) is 1. The van der Waals surface area contributed by atoms with Gasteiger partial charge >= 0.3 is 0 Å². The van der Waals surface area contributed by atoms with Gasteiger partial charge in [0.15, 0.2) is 0 Å². The zero-order chi connectivity index (χ0) is 21.0. The SMILES string of the molecule is Nc1cccc(CCCN2CCC(=C3c4ccccc4C=Cc4ccccc43)CC2)c1. The Labute approximate surface area is 185 Å². The molecule has 0 bridgehead atoms. The van der Waals surface area contributed by atoms with E-state index in [0.717, 1.165) is 44.6 Å². The predicted octanol–water partition coefficient (Wildman–Crippen LogP) is 6.28. The highest BCUT2D eigenvalue weighted by molar-refractivity contribution is 5.94. The lowest BCUT2D eigenvalue weighted by Crippen LogP contribution is -2.32. The van der Waals surface area contributed by atoms with Crippen LogP contribution in [0, 0.1) is 0 Å². The third-order valence-corrected chi connectivity index (χ3v) is 6.61. The molecular formula is C29H30N2. The van der Waals surface area contributed by atoms with Crippen molar-refractivity contribution in [2.45, 2.75) is 25.7 Å². The molecule has 0 aromatic heterocycles. The van der Waals surface area contributed by atoms with Crippen molar-refractivity contribution in [1.29, 1.82) is 0 Å². The Morgan fingerprint density at radius 1 is 0.742 bits per heavy atom. The second kappa shape index (κ2) is 8.95. The summed E-state index contributed by atoms with van der Waals surface area (Å²) in [6, 6.07) is 26.0. The van der Waals surface area contributed by atoms with Crippen LogP contribution >= 0.6 is 0 Å². The summed E-state index contributed by atoms with van der Waals surface area (Å²) in [6.07, 6.45) is 9.12. The van der Waals surface area contributed by atoms with Crippen LogP contribution in [0.1, 0.15) is 47.1 Å². The number of aryl methyl sites for hydroxylation is 1. The van der Waals surface area contributed by atoms with Gasteiger partial charge in [-0.3, -0.25) is 0 Å². The third kappa shape index (κ3) is 4.35. The highest BCUT2D eigenvalue weighted by Gasteiger charge is 2.22. The molecule has 1 fully saturated rings. The number of nitrogen functional groups attached to an aromatic ring is 1. The summed E-state index contributed by atoms with van der Waals surface area (Å²) in [4.78, 5) is 2.63. The molecule has 2 heteroatoms. The second-order valence-corrected chi connectivity index (χ2v) is 8.68. The molecule has 0 unspecified atom stereocenters. The molecule has 0 atom stereocenters. The van der Waals surface area contributed by atoms with E-state index in [4.69, 9.17) is 5.73 Å². The zero-order valence-corrected chi connectivity index (χ0v) is 18.1. The van der Waals surface area contributed by atoms with E-state index in [1.807, 2.05) is 6.07 Å². The van der Waals surface area contributed by atoms with Gasteiger partial charge in [0.2, 0.25) is 0 Å². The predicted molar refractivity (Wildman–Crippen MR) is 133 cm³/mol. The molecule has 2 N–H and O–H groups in total. The van der Waals surface area contributed by atoms with E-state index < -0.39 is 0 Å². The van der Waals surface area contributed by atoms with Gasteiger partial charge in [-0.25, -0.2) is 0 Å². The first-order chi connectivity index (χ1) is 15.3. The van der Waals surface area contributed by atoms with Crippen molar-refractivity contribution in [3.05, 3.63) is 106 Å². The monoisotopic (exact) mass is 406 g/mol. The molecule has 31 heavy (non-hydrogen) atoms. The Hall–Kier alpha value is -3.10. The largest absolute Gasteiger partial charge is 0.399 e. The smallest absolute Gasteiger partial charge is 0.0316 e. The lowest BCUT2D eigenvalue weighted by atomic mass is 9.86. The minimum absolute atomic E-state index is 0.866. The van der Waals surface area contributed by atoms with Crippen molar-refractivity contribution in [2.75, 3.05) is 25.4 Å². The van der Waals surface area contributed by atoms with Crippen molar-refractivity contribution in [3.8, 4) is 0 Å².